The van der Waals surface area contributed by atoms with E-state index in [1.54, 1.807) is 6.07 Å². The number of carboxylic acids is 2. The van der Waals surface area contributed by atoms with Gasteiger partial charge in [0.15, 0.2) is 0 Å². The fraction of sp³-hybridized carbons (Fsp3) is 0.467. The van der Waals surface area contributed by atoms with Crippen LogP contribution in [0.2, 0.25) is 0 Å². The Morgan fingerprint density at radius 1 is 1.10 bits per heavy atom. The Labute approximate surface area is 116 Å². The second kappa shape index (κ2) is 6.03. The topological polar surface area (TPSA) is 74.6 Å². The summed E-state index contributed by atoms with van der Waals surface area (Å²) in [7, 11) is 0. The molecule has 2 rings (SSSR count). The van der Waals surface area contributed by atoms with Gasteiger partial charge in [0.05, 0.1) is 11.1 Å². The van der Waals surface area contributed by atoms with Gasteiger partial charge in [0, 0.05) is 0 Å². The van der Waals surface area contributed by atoms with E-state index in [1.165, 1.54) is 12.1 Å². The Balaban J connectivity index is 2.18. The highest BCUT2D eigenvalue weighted by atomic mass is 19.1. The van der Waals surface area contributed by atoms with E-state index in [4.69, 9.17) is 5.11 Å². The first-order valence-electron chi connectivity index (χ1n) is 6.71. The predicted molar refractivity (Wildman–Crippen MR) is 70.9 cm³/mol. The Morgan fingerprint density at radius 2 is 1.75 bits per heavy atom. The summed E-state index contributed by atoms with van der Waals surface area (Å²) < 4.78 is 13.1. The molecule has 1 saturated carbocycles. The lowest BCUT2D eigenvalue weighted by Crippen LogP contribution is -2.18. The van der Waals surface area contributed by atoms with Crippen LogP contribution in [0.1, 0.15) is 52.0 Å². The lowest BCUT2D eigenvalue weighted by Gasteiger charge is -2.24. The van der Waals surface area contributed by atoms with Crippen LogP contribution in [0.5, 0.6) is 0 Å². The normalized spacial score (nSPS) is 22.4. The van der Waals surface area contributed by atoms with Gasteiger partial charge >= 0.3 is 11.9 Å². The van der Waals surface area contributed by atoms with Gasteiger partial charge in [0.25, 0.3) is 0 Å². The van der Waals surface area contributed by atoms with Gasteiger partial charge in [-0.1, -0.05) is 6.07 Å². The third kappa shape index (κ3) is 3.35. The van der Waals surface area contributed by atoms with Gasteiger partial charge in [0.1, 0.15) is 6.17 Å². The third-order valence-electron chi connectivity index (χ3n) is 3.87. The van der Waals surface area contributed by atoms with Crippen molar-refractivity contribution in [2.24, 2.45) is 5.92 Å². The summed E-state index contributed by atoms with van der Waals surface area (Å²) in [5.74, 6) is -1.99. The van der Waals surface area contributed by atoms with Crippen molar-refractivity contribution >= 4 is 11.9 Å². The SMILES string of the molecule is O=C(O)c1ccc(CC2CCC(F)CC2)c(C(=O)O)c1. The first kappa shape index (κ1) is 14.5. The zero-order chi connectivity index (χ0) is 14.7. The molecule has 1 fully saturated rings. The van der Waals surface area contributed by atoms with Gasteiger partial charge in [-0.15, -0.1) is 0 Å². The summed E-state index contributed by atoms with van der Waals surface area (Å²) in [5, 5.41) is 18.1. The summed E-state index contributed by atoms with van der Waals surface area (Å²) in [4.78, 5) is 22.1. The van der Waals surface area contributed by atoms with Crippen LogP contribution in [0, 0.1) is 5.92 Å². The zero-order valence-corrected chi connectivity index (χ0v) is 11.0. The van der Waals surface area contributed by atoms with Crippen molar-refractivity contribution in [3.05, 3.63) is 34.9 Å². The first-order valence-corrected chi connectivity index (χ1v) is 6.71. The minimum absolute atomic E-state index is 0.0291. The van der Waals surface area contributed by atoms with Crippen molar-refractivity contribution < 1.29 is 24.2 Å². The Kier molecular flexibility index (Phi) is 4.37. The van der Waals surface area contributed by atoms with E-state index in [1.807, 2.05) is 0 Å². The van der Waals surface area contributed by atoms with E-state index in [9.17, 15) is 19.1 Å². The molecule has 0 heterocycles. The van der Waals surface area contributed by atoms with Crippen LogP contribution < -0.4 is 0 Å². The lowest BCUT2D eigenvalue weighted by atomic mass is 9.83. The molecule has 0 aliphatic heterocycles. The van der Waals surface area contributed by atoms with Crippen LogP contribution in [-0.4, -0.2) is 28.3 Å². The predicted octanol–water partition coefficient (Wildman–Crippen LogP) is 3.15. The maximum Gasteiger partial charge on any atom is 0.335 e. The molecule has 1 aliphatic carbocycles. The smallest absolute Gasteiger partial charge is 0.335 e. The van der Waals surface area contributed by atoms with E-state index >= 15 is 0 Å². The molecule has 0 aromatic heterocycles. The fourth-order valence-electron chi connectivity index (χ4n) is 2.72. The van der Waals surface area contributed by atoms with Crippen molar-refractivity contribution in [1.29, 1.82) is 0 Å². The molecule has 2 N–H and O–H groups in total. The summed E-state index contributed by atoms with van der Waals surface area (Å²) in [6, 6.07) is 4.18. The summed E-state index contributed by atoms with van der Waals surface area (Å²) >= 11 is 0. The fourth-order valence-corrected chi connectivity index (χ4v) is 2.72. The van der Waals surface area contributed by atoms with Crippen molar-refractivity contribution in [3.8, 4) is 0 Å². The highest BCUT2D eigenvalue weighted by Crippen LogP contribution is 2.30. The number of alkyl halides is 1. The first-order chi connectivity index (χ1) is 9.47. The number of halogens is 1. The Hall–Kier alpha value is -1.91. The average molecular weight is 280 g/mol. The Morgan fingerprint density at radius 3 is 2.30 bits per heavy atom. The highest BCUT2D eigenvalue weighted by Gasteiger charge is 2.23. The molecule has 1 aliphatic rings. The molecule has 0 atom stereocenters. The minimum atomic E-state index is -1.14. The van der Waals surface area contributed by atoms with Gasteiger partial charge in [-0.05, 0) is 55.7 Å². The third-order valence-corrected chi connectivity index (χ3v) is 3.87. The standard InChI is InChI=1S/C15H17FO4/c16-12-5-1-9(2-6-12)7-10-3-4-11(14(17)18)8-13(10)15(19)20/h3-4,8-9,12H,1-2,5-7H2,(H,17,18)(H,19,20). The van der Waals surface area contributed by atoms with Gasteiger partial charge in [-0.2, -0.15) is 0 Å². The van der Waals surface area contributed by atoms with E-state index in [-0.39, 0.29) is 17.0 Å². The van der Waals surface area contributed by atoms with Crippen LogP contribution in [0.25, 0.3) is 0 Å². The summed E-state index contributed by atoms with van der Waals surface area (Å²) in [6.07, 6.45) is 2.39. The molecule has 5 heteroatoms. The molecule has 0 unspecified atom stereocenters. The van der Waals surface area contributed by atoms with E-state index in [0.717, 1.165) is 12.8 Å². The second-order valence-corrected chi connectivity index (χ2v) is 5.30. The van der Waals surface area contributed by atoms with Gasteiger partial charge in [-0.25, -0.2) is 14.0 Å². The number of carbonyl (C=O) groups is 2. The van der Waals surface area contributed by atoms with Crippen LogP contribution in [0.3, 0.4) is 0 Å². The quantitative estimate of drug-likeness (QED) is 0.888. The molecular weight excluding hydrogens is 263 g/mol. The van der Waals surface area contributed by atoms with E-state index in [0.29, 0.717) is 24.8 Å². The molecule has 1 aromatic carbocycles. The van der Waals surface area contributed by atoms with Crippen molar-refractivity contribution in [3.63, 3.8) is 0 Å². The largest absolute Gasteiger partial charge is 0.478 e. The molecule has 108 valence electrons. The van der Waals surface area contributed by atoms with E-state index < -0.39 is 18.1 Å². The number of aromatic carboxylic acids is 2. The second-order valence-electron chi connectivity index (χ2n) is 5.30. The van der Waals surface area contributed by atoms with Gasteiger partial charge in [0.2, 0.25) is 0 Å². The van der Waals surface area contributed by atoms with Crippen LogP contribution in [0.4, 0.5) is 4.39 Å². The van der Waals surface area contributed by atoms with Crippen molar-refractivity contribution in [1.82, 2.24) is 0 Å². The number of carboxylic acid groups (broad SMARTS) is 2. The average Bonchev–Trinajstić information content (AvgIpc) is 2.41. The van der Waals surface area contributed by atoms with Crippen LogP contribution in [0.15, 0.2) is 18.2 Å². The van der Waals surface area contributed by atoms with Crippen LogP contribution in [-0.2, 0) is 6.42 Å². The molecule has 1 aromatic rings. The van der Waals surface area contributed by atoms with Gasteiger partial charge in [-0.3, -0.25) is 0 Å². The number of benzene rings is 1. The zero-order valence-electron chi connectivity index (χ0n) is 11.0. The maximum atomic E-state index is 13.1. The minimum Gasteiger partial charge on any atom is -0.478 e. The molecule has 0 radical (unpaired) electrons. The molecule has 0 saturated heterocycles. The molecule has 0 spiro atoms. The molecule has 0 amide bonds. The number of hydrogen-bond acceptors (Lipinski definition) is 2. The monoisotopic (exact) mass is 280 g/mol. The molecule has 20 heavy (non-hydrogen) atoms. The van der Waals surface area contributed by atoms with E-state index in [2.05, 4.69) is 0 Å². The Bertz CT molecular complexity index is 519. The van der Waals surface area contributed by atoms with Crippen LogP contribution >= 0.6 is 0 Å². The summed E-state index contributed by atoms with van der Waals surface area (Å²) in [6.45, 7) is 0. The molecule has 4 nitrogen and oxygen atoms in total. The number of rotatable bonds is 4. The maximum absolute atomic E-state index is 13.1. The summed E-state index contributed by atoms with van der Waals surface area (Å²) in [5.41, 5.74) is 0.635. The lowest BCUT2D eigenvalue weighted by molar-refractivity contribution is 0.0694. The van der Waals surface area contributed by atoms with Crippen molar-refractivity contribution in [2.75, 3.05) is 0 Å². The highest BCUT2D eigenvalue weighted by molar-refractivity contribution is 5.94. The molecule has 0 bridgehead atoms. The number of hydrogen-bond donors (Lipinski definition) is 2. The van der Waals surface area contributed by atoms with Crippen molar-refractivity contribution in [2.45, 2.75) is 38.3 Å². The van der Waals surface area contributed by atoms with Gasteiger partial charge < -0.3 is 10.2 Å². The molecular formula is C15H17FO4.